The maximum Gasteiger partial charge on any atom is 0.338 e. The second-order valence-electron chi connectivity index (χ2n) is 11.9. The molecule has 0 radical (unpaired) electrons. The zero-order valence-corrected chi connectivity index (χ0v) is 28.9. The number of rotatable bonds is 20. The van der Waals surface area contributed by atoms with Crippen LogP contribution in [0.5, 0.6) is 11.5 Å². The Bertz CT molecular complexity index is 1240. The molecule has 2 unspecified atom stereocenters. The van der Waals surface area contributed by atoms with Gasteiger partial charge < -0.3 is 18.9 Å². The summed E-state index contributed by atoms with van der Waals surface area (Å²) in [5.41, 5.74) is 3.54. The van der Waals surface area contributed by atoms with Crippen LogP contribution in [-0.2, 0) is 9.47 Å². The SMILES string of the molecule is CCCCC(CC)COc1ccc(-c2c(C(=O)OCC)ccc(C(=O)OCC)c2-c2ccc(OCC(CC)CCCC)cc2)cc1. The highest BCUT2D eigenvalue weighted by Gasteiger charge is 2.25. The van der Waals surface area contributed by atoms with Crippen LogP contribution in [0.2, 0.25) is 0 Å². The zero-order chi connectivity index (χ0) is 33.3. The normalized spacial score (nSPS) is 12.3. The summed E-state index contributed by atoms with van der Waals surface area (Å²) < 4.78 is 23.3. The maximum absolute atomic E-state index is 13.3. The van der Waals surface area contributed by atoms with E-state index in [1.807, 2.05) is 48.5 Å². The minimum atomic E-state index is -0.450. The van der Waals surface area contributed by atoms with E-state index in [2.05, 4.69) is 27.7 Å². The van der Waals surface area contributed by atoms with Crippen molar-refractivity contribution in [2.24, 2.45) is 11.8 Å². The van der Waals surface area contributed by atoms with Gasteiger partial charge >= 0.3 is 11.9 Å². The van der Waals surface area contributed by atoms with Gasteiger partial charge in [-0.3, -0.25) is 0 Å². The standard InChI is InChI=1S/C40H54O6/c1-7-13-15-29(9-3)27-45-33-21-17-31(18-22-33)37-35(39(41)43-11-5)25-26-36(40(42)44-12-6)38(37)32-19-23-34(24-20-32)46-28-30(10-4)16-14-8-2/h17-26,29-30H,7-16,27-28H2,1-6H3. The van der Waals surface area contributed by atoms with Crippen LogP contribution in [0, 0.1) is 11.8 Å². The summed E-state index contributed by atoms with van der Waals surface area (Å²) in [6.45, 7) is 14.2. The fraction of sp³-hybridized carbons (Fsp3) is 0.500. The molecule has 0 heterocycles. The van der Waals surface area contributed by atoms with E-state index in [1.165, 1.54) is 25.7 Å². The lowest BCUT2D eigenvalue weighted by Crippen LogP contribution is -2.13. The molecule has 0 aliphatic rings. The minimum Gasteiger partial charge on any atom is -0.493 e. The number of ether oxygens (including phenoxy) is 4. The van der Waals surface area contributed by atoms with E-state index in [0.29, 0.717) is 47.3 Å². The highest BCUT2D eigenvalue weighted by Crippen LogP contribution is 2.40. The van der Waals surface area contributed by atoms with Crippen LogP contribution >= 0.6 is 0 Å². The van der Waals surface area contributed by atoms with Crippen molar-refractivity contribution >= 4 is 11.9 Å². The third-order valence-corrected chi connectivity index (χ3v) is 8.54. The van der Waals surface area contributed by atoms with E-state index in [9.17, 15) is 9.59 Å². The highest BCUT2D eigenvalue weighted by atomic mass is 16.5. The molecular weight excluding hydrogens is 576 g/mol. The lowest BCUT2D eigenvalue weighted by molar-refractivity contribution is 0.0513. The number of unbranched alkanes of at least 4 members (excludes halogenated alkanes) is 2. The topological polar surface area (TPSA) is 71.1 Å². The van der Waals surface area contributed by atoms with Crippen LogP contribution in [0.3, 0.4) is 0 Å². The summed E-state index contributed by atoms with van der Waals surface area (Å²) >= 11 is 0. The molecule has 0 aliphatic heterocycles. The molecule has 0 fully saturated rings. The Balaban J connectivity index is 2.05. The summed E-state index contributed by atoms with van der Waals surface area (Å²) in [7, 11) is 0. The Morgan fingerprint density at radius 2 is 0.913 bits per heavy atom. The molecule has 0 saturated carbocycles. The van der Waals surface area contributed by atoms with Crippen molar-refractivity contribution < 1.29 is 28.5 Å². The van der Waals surface area contributed by atoms with Crippen molar-refractivity contribution in [3.8, 4) is 33.8 Å². The minimum absolute atomic E-state index is 0.236. The van der Waals surface area contributed by atoms with Gasteiger partial charge in [0.05, 0.1) is 37.6 Å². The van der Waals surface area contributed by atoms with Gasteiger partial charge in [-0.2, -0.15) is 0 Å². The van der Waals surface area contributed by atoms with Gasteiger partial charge in [0.15, 0.2) is 0 Å². The van der Waals surface area contributed by atoms with Crippen molar-refractivity contribution in [1.82, 2.24) is 0 Å². The first-order valence-corrected chi connectivity index (χ1v) is 17.4. The average Bonchev–Trinajstić information content (AvgIpc) is 3.08. The molecule has 3 rings (SSSR count). The van der Waals surface area contributed by atoms with E-state index >= 15 is 0 Å². The molecule has 250 valence electrons. The zero-order valence-electron chi connectivity index (χ0n) is 28.9. The highest BCUT2D eigenvalue weighted by molar-refractivity contribution is 6.08. The van der Waals surface area contributed by atoms with Crippen LogP contribution in [0.4, 0.5) is 0 Å². The molecule has 3 aromatic rings. The molecule has 0 aromatic heterocycles. The number of esters is 2. The number of hydrogen-bond donors (Lipinski definition) is 0. The molecule has 2 atom stereocenters. The van der Waals surface area contributed by atoms with Crippen molar-refractivity contribution in [2.75, 3.05) is 26.4 Å². The molecule has 0 N–H and O–H groups in total. The Kier molecular flexibility index (Phi) is 15.7. The number of carbonyl (C=O) groups is 2. The van der Waals surface area contributed by atoms with E-state index in [1.54, 1.807) is 26.0 Å². The van der Waals surface area contributed by atoms with Crippen LogP contribution in [0.1, 0.15) is 114 Å². The molecule has 0 aliphatic carbocycles. The van der Waals surface area contributed by atoms with Crippen molar-refractivity contribution in [2.45, 2.75) is 92.9 Å². The summed E-state index contributed by atoms with van der Waals surface area (Å²) in [5, 5.41) is 0. The van der Waals surface area contributed by atoms with Crippen LogP contribution in [0.15, 0.2) is 60.7 Å². The first-order valence-electron chi connectivity index (χ1n) is 17.4. The molecule has 0 spiro atoms. The Hall–Kier alpha value is -3.80. The monoisotopic (exact) mass is 630 g/mol. The number of hydrogen-bond acceptors (Lipinski definition) is 6. The largest absolute Gasteiger partial charge is 0.493 e. The van der Waals surface area contributed by atoms with E-state index in [-0.39, 0.29) is 13.2 Å². The molecular formula is C40H54O6. The van der Waals surface area contributed by atoms with Gasteiger partial charge in [-0.05, 0) is 86.1 Å². The maximum atomic E-state index is 13.3. The number of carbonyl (C=O) groups excluding carboxylic acids is 2. The lowest BCUT2D eigenvalue weighted by atomic mass is 9.86. The third kappa shape index (κ3) is 10.4. The van der Waals surface area contributed by atoms with Crippen molar-refractivity contribution in [1.29, 1.82) is 0 Å². The first-order chi connectivity index (χ1) is 22.4. The fourth-order valence-electron chi connectivity index (χ4n) is 5.62. The average molecular weight is 631 g/mol. The molecule has 0 bridgehead atoms. The first kappa shape index (κ1) is 36.7. The molecule has 6 heteroatoms. The van der Waals surface area contributed by atoms with Gasteiger partial charge in [-0.1, -0.05) is 90.5 Å². The van der Waals surface area contributed by atoms with Gasteiger partial charge in [0.1, 0.15) is 11.5 Å². The Morgan fingerprint density at radius 3 is 1.22 bits per heavy atom. The summed E-state index contributed by atoms with van der Waals surface area (Å²) in [5.74, 6) is 1.66. The van der Waals surface area contributed by atoms with Gasteiger partial charge in [0.2, 0.25) is 0 Å². The molecule has 6 nitrogen and oxygen atoms in total. The summed E-state index contributed by atoms with van der Waals surface area (Å²) in [6.07, 6.45) is 9.20. The predicted octanol–water partition coefficient (Wildman–Crippen LogP) is 10.6. The fourth-order valence-corrected chi connectivity index (χ4v) is 5.62. The molecule has 0 amide bonds. The lowest BCUT2D eigenvalue weighted by Gasteiger charge is -2.20. The Labute approximate surface area is 276 Å². The molecule has 46 heavy (non-hydrogen) atoms. The molecule has 3 aromatic carbocycles. The van der Waals surface area contributed by atoms with Gasteiger partial charge in [-0.15, -0.1) is 0 Å². The number of benzene rings is 3. The van der Waals surface area contributed by atoms with E-state index < -0.39 is 11.9 Å². The summed E-state index contributed by atoms with van der Waals surface area (Å²) in [4.78, 5) is 26.6. The molecule has 0 saturated heterocycles. The van der Waals surface area contributed by atoms with Gasteiger partial charge in [-0.25, -0.2) is 9.59 Å². The van der Waals surface area contributed by atoms with Gasteiger partial charge in [0.25, 0.3) is 0 Å². The summed E-state index contributed by atoms with van der Waals surface area (Å²) in [6, 6.07) is 18.8. The quantitative estimate of drug-likeness (QED) is 0.116. The van der Waals surface area contributed by atoms with Crippen molar-refractivity contribution in [3.05, 3.63) is 71.8 Å². The van der Waals surface area contributed by atoms with E-state index in [4.69, 9.17) is 18.9 Å². The predicted molar refractivity (Wildman–Crippen MR) is 187 cm³/mol. The Morgan fingerprint density at radius 1 is 0.543 bits per heavy atom. The van der Waals surface area contributed by atoms with Gasteiger partial charge in [0, 0.05) is 11.1 Å². The van der Waals surface area contributed by atoms with Crippen molar-refractivity contribution in [3.63, 3.8) is 0 Å². The second-order valence-corrected chi connectivity index (χ2v) is 11.9. The van der Waals surface area contributed by atoms with Crippen LogP contribution < -0.4 is 9.47 Å². The smallest absolute Gasteiger partial charge is 0.338 e. The van der Waals surface area contributed by atoms with Crippen LogP contribution in [0.25, 0.3) is 22.3 Å². The van der Waals surface area contributed by atoms with Crippen LogP contribution in [-0.4, -0.2) is 38.4 Å². The second kappa shape index (κ2) is 19.7. The van der Waals surface area contributed by atoms with E-state index in [0.717, 1.165) is 48.3 Å². The third-order valence-electron chi connectivity index (χ3n) is 8.54.